The molecule has 0 saturated heterocycles. The second-order valence-electron chi connectivity index (χ2n) is 4.44. The van der Waals surface area contributed by atoms with Crippen molar-refractivity contribution in [1.82, 2.24) is 10.0 Å². The van der Waals surface area contributed by atoms with E-state index in [1.807, 2.05) is 0 Å². The summed E-state index contributed by atoms with van der Waals surface area (Å²) in [6.07, 6.45) is -0.00441. The van der Waals surface area contributed by atoms with Crippen LogP contribution in [0, 0.1) is 5.82 Å². The van der Waals surface area contributed by atoms with E-state index in [2.05, 4.69) is 26.0 Å². The maximum Gasteiger partial charge on any atom is 0.243 e. The summed E-state index contributed by atoms with van der Waals surface area (Å²) < 4.78 is 40.0. The number of hydrogen-bond donors (Lipinski definition) is 2. The Bertz CT molecular complexity index is 590. The predicted molar refractivity (Wildman–Crippen MR) is 77.2 cm³/mol. The van der Waals surface area contributed by atoms with Gasteiger partial charge in [-0.1, -0.05) is 15.9 Å². The van der Waals surface area contributed by atoms with Crippen molar-refractivity contribution in [2.75, 3.05) is 6.54 Å². The summed E-state index contributed by atoms with van der Waals surface area (Å²) in [6.45, 7) is 3.52. The molecule has 8 heteroatoms. The van der Waals surface area contributed by atoms with E-state index >= 15 is 0 Å². The zero-order valence-corrected chi connectivity index (χ0v) is 13.5. The number of rotatable bonds is 6. The van der Waals surface area contributed by atoms with Gasteiger partial charge in [0.25, 0.3) is 0 Å². The molecule has 1 amide bonds. The highest BCUT2D eigenvalue weighted by Crippen LogP contribution is 2.19. The topological polar surface area (TPSA) is 75.3 Å². The molecule has 0 bridgehead atoms. The Hall–Kier alpha value is -0.990. The number of carbonyl (C=O) groups excluding carboxylic acids is 1. The number of halogens is 2. The van der Waals surface area contributed by atoms with Crippen LogP contribution >= 0.6 is 15.9 Å². The fourth-order valence-corrected chi connectivity index (χ4v) is 2.89. The maximum absolute atomic E-state index is 13.6. The largest absolute Gasteiger partial charge is 0.354 e. The van der Waals surface area contributed by atoms with Crippen molar-refractivity contribution in [2.45, 2.75) is 31.2 Å². The van der Waals surface area contributed by atoms with Crippen molar-refractivity contribution in [1.29, 1.82) is 0 Å². The van der Waals surface area contributed by atoms with Crippen molar-refractivity contribution in [3.8, 4) is 0 Å². The Morgan fingerprint density at radius 2 is 2.05 bits per heavy atom. The first kappa shape index (κ1) is 17.1. The maximum atomic E-state index is 13.6. The van der Waals surface area contributed by atoms with Gasteiger partial charge in [0.15, 0.2) is 0 Å². The highest BCUT2D eigenvalue weighted by atomic mass is 79.9. The molecule has 2 N–H and O–H groups in total. The van der Waals surface area contributed by atoms with E-state index in [1.165, 1.54) is 6.07 Å². The number of nitrogens with one attached hydrogen (secondary N) is 2. The molecule has 0 aliphatic rings. The van der Waals surface area contributed by atoms with E-state index in [0.29, 0.717) is 4.47 Å². The smallest absolute Gasteiger partial charge is 0.243 e. The Kier molecular flexibility index (Phi) is 6.09. The second-order valence-corrected chi connectivity index (χ2v) is 7.10. The monoisotopic (exact) mass is 366 g/mol. The minimum Gasteiger partial charge on any atom is -0.354 e. The van der Waals surface area contributed by atoms with E-state index in [0.717, 1.165) is 12.1 Å². The number of amides is 1. The number of benzene rings is 1. The summed E-state index contributed by atoms with van der Waals surface area (Å²) in [5.74, 6) is -1.11. The van der Waals surface area contributed by atoms with Gasteiger partial charge in [-0.05, 0) is 32.0 Å². The molecule has 0 fully saturated rings. The zero-order chi connectivity index (χ0) is 15.3. The normalized spacial score (nSPS) is 11.7. The predicted octanol–water partition coefficient (Wildman–Crippen LogP) is 1.78. The fraction of sp³-hybridized carbons (Fsp3) is 0.417. The van der Waals surface area contributed by atoms with Crippen LogP contribution in [-0.4, -0.2) is 26.9 Å². The van der Waals surface area contributed by atoms with Crippen LogP contribution in [0.5, 0.6) is 0 Å². The van der Waals surface area contributed by atoms with Crippen molar-refractivity contribution in [3.63, 3.8) is 0 Å². The lowest BCUT2D eigenvalue weighted by molar-refractivity contribution is -0.121. The second kappa shape index (κ2) is 7.14. The molecule has 112 valence electrons. The van der Waals surface area contributed by atoms with Crippen molar-refractivity contribution in [2.24, 2.45) is 0 Å². The van der Waals surface area contributed by atoms with Crippen LogP contribution in [0.15, 0.2) is 27.6 Å². The third-order valence-electron chi connectivity index (χ3n) is 2.28. The van der Waals surface area contributed by atoms with Crippen LogP contribution in [0.25, 0.3) is 0 Å². The summed E-state index contributed by atoms with van der Waals surface area (Å²) in [5, 5.41) is 2.63. The first-order chi connectivity index (χ1) is 9.22. The Morgan fingerprint density at radius 1 is 1.40 bits per heavy atom. The van der Waals surface area contributed by atoms with E-state index < -0.39 is 20.7 Å². The van der Waals surface area contributed by atoms with Crippen molar-refractivity contribution >= 4 is 31.9 Å². The van der Waals surface area contributed by atoms with Crippen LogP contribution in [-0.2, 0) is 14.8 Å². The van der Waals surface area contributed by atoms with Crippen LogP contribution in [0.4, 0.5) is 4.39 Å². The van der Waals surface area contributed by atoms with Gasteiger partial charge in [0.2, 0.25) is 15.9 Å². The third-order valence-corrected chi connectivity index (χ3v) is 4.26. The summed E-state index contributed by atoms with van der Waals surface area (Å²) in [7, 11) is -3.96. The molecule has 1 aromatic carbocycles. The molecule has 0 unspecified atom stereocenters. The molecule has 20 heavy (non-hydrogen) atoms. The molecule has 0 radical (unpaired) electrons. The highest BCUT2D eigenvalue weighted by molar-refractivity contribution is 9.10. The van der Waals surface area contributed by atoms with Gasteiger partial charge >= 0.3 is 0 Å². The van der Waals surface area contributed by atoms with Gasteiger partial charge in [0.05, 0.1) is 0 Å². The molecule has 1 aromatic rings. The molecule has 0 atom stereocenters. The molecule has 0 aliphatic heterocycles. The molecule has 5 nitrogen and oxygen atoms in total. The summed E-state index contributed by atoms with van der Waals surface area (Å²) in [4.78, 5) is 10.9. The number of carbonyl (C=O) groups is 1. The van der Waals surface area contributed by atoms with Gasteiger partial charge in [-0.3, -0.25) is 4.79 Å². The Labute approximate surface area is 126 Å². The molecule has 0 heterocycles. The molecule has 0 spiro atoms. The molecule has 1 rings (SSSR count). The van der Waals surface area contributed by atoms with Gasteiger partial charge in [0, 0.05) is 23.5 Å². The lowest BCUT2D eigenvalue weighted by Gasteiger charge is -2.10. The first-order valence-corrected chi connectivity index (χ1v) is 8.24. The lowest BCUT2D eigenvalue weighted by Crippen LogP contribution is -2.34. The van der Waals surface area contributed by atoms with E-state index in [1.54, 1.807) is 13.8 Å². The van der Waals surface area contributed by atoms with E-state index in [-0.39, 0.29) is 24.9 Å². The zero-order valence-electron chi connectivity index (χ0n) is 11.1. The van der Waals surface area contributed by atoms with Gasteiger partial charge in [-0.2, -0.15) is 0 Å². The first-order valence-electron chi connectivity index (χ1n) is 5.96. The standard InChI is InChI=1S/C12H16BrFN2O3S/c1-8(2)16-12(17)5-6-15-20(18,19)11-4-3-9(13)7-10(11)14/h3-4,7-8,15H,5-6H2,1-2H3,(H,16,17). The average molecular weight is 367 g/mol. The lowest BCUT2D eigenvalue weighted by atomic mass is 10.3. The third kappa shape index (κ3) is 5.18. The molecule has 0 aromatic heterocycles. The minimum absolute atomic E-state index is 0.00441. The van der Waals surface area contributed by atoms with Crippen molar-refractivity contribution in [3.05, 3.63) is 28.5 Å². The summed E-state index contributed by atoms with van der Waals surface area (Å²) >= 11 is 3.05. The van der Waals surface area contributed by atoms with Crippen LogP contribution < -0.4 is 10.0 Å². The molecular formula is C12H16BrFN2O3S. The van der Waals surface area contributed by atoms with Gasteiger partial charge in [0.1, 0.15) is 10.7 Å². The average Bonchev–Trinajstić information content (AvgIpc) is 2.26. The molecular weight excluding hydrogens is 351 g/mol. The Balaban J connectivity index is 2.64. The fourth-order valence-electron chi connectivity index (χ4n) is 1.46. The van der Waals surface area contributed by atoms with Gasteiger partial charge in [-0.15, -0.1) is 0 Å². The van der Waals surface area contributed by atoms with Gasteiger partial charge < -0.3 is 5.32 Å². The molecule has 0 saturated carbocycles. The SMILES string of the molecule is CC(C)NC(=O)CCNS(=O)(=O)c1ccc(Br)cc1F. The Morgan fingerprint density at radius 3 is 2.60 bits per heavy atom. The van der Waals surface area contributed by atoms with Gasteiger partial charge in [-0.25, -0.2) is 17.5 Å². The molecule has 0 aliphatic carbocycles. The van der Waals surface area contributed by atoms with E-state index in [4.69, 9.17) is 0 Å². The van der Waals surface area contributed by atoms with Crippen LogP contribution in [0.2, 0.25) is 0 Å². The van der Waals surface area contributed by atoms with Crippen LogP contribution in [0.1, 0.15) is 20.3 Å². The number of hydrogen-bond acceptors (Lipinski definition) is 3. The summed E-state index contributed by atoms with van der Waals surface area (Å²) in [5.41, 5.74) is 0. The van der Waals surface area contributed by atoms with E-state index in [9.17, 15) is 17.6 Å². The minimum atomic E-state index is -3.96. The highest BCUT2D eigenvalue weighted by Gasteiger charge is 2.19. The van der Waals surface area contributed by atoms with Crippen LogP contribution in [0.3, 0.4) is 0 Å². The quantitative estimate of drug-likeness (QED) is 0.805. The number of sulfonamides is 1. The summed E-state index contributed by atoms with van der Waals surface area (Å²) in [6, 6.07) is 3.65. The van der Waals surface area contributed by atoms with Crippen molar-refractivity contribution < 1.29 is 17.6 Å².